The Labute approximate surface area is 214 Å². The van der Waals surface area contributed by atoms with E-state index in [4.69, 9.17) is 15.0 Å². The molecular weight excluding hydrogens is 450 g/mol. The fraction of sp³-hybridized carbons (Fsp3) is 0.0294. The topological polar surface area (TPSA) is 37.1 Å². The van der Waals surface area contributed by atoms with Crippen LogP contribution >= 0.6 is 0 Å². The zero-order valence-corrected chi connectivity index (χ0v) is 20.2. The van der Waals surface area contributed by atoms with Crippen LogP contribution in [0.3, 0.4) is 0 Å². The summed E-state index contributed by atoms with van der Waals surface area (Å²) in [5.74, 6) is 0. The number of hydrogen-bond donors (Lipinski definition) is 0. The third-order valence-corrected chi connectivity index (χ3v) is 6.93. The van der Waals surface area contributed by atoms with Gasteiger partial charge in [0.1, 0.15) is 0 Å². The molecule has 0 aromatic heterocycles. The normalized spacial score (nSPS) is 13.9. The lowest BCUT2D eigenvalue weighted by molar-refractivity contribution is 1.49. The minimum Gasteiger partial charge on any atom is -0.254 e. The molecule has 1 heterocycles. The van der Waals surface area contributed by atoms with Crippen molar-refractivity contribution in [2.24, 2.45) is 15.0 Å². The maximum absolute atomic E-state index is 4.81. The van der Waals surface area contributed by atoms with Gasteiger partial charge in [-0.2, -0.15) is 0 Å². The minimum absolute atomic E-state index is 0.749. The number of nitrogens with zero attached hydrogens (tertiary/aromatic N) is 3. The van der Waals surface area contributed by atoms with E-state index in [1.54, 1.807) is 0 Å². The van der Waals surface area contributed by atoms with Gasteiger partial charge in [0.25, 0.3) is 0 Å². The van der Waals surface area contributed by atoms with Crippen molar-refractivity contribution >= 4 is 72.6 Å². The van der Waals surface area contributed by atoms with Crippen LogP contribution in [-0.4, -0.2) is 18.1 Å². The van der Waals surface area contributed by atoms with Crippen LogP contribution in [0.2, 0.25) is 0 Å². The van der Waals surface area contributed by atoms with Crippen molar-refractivity contribution in [3.63, 3.8) is 0 Å². The van der Waals surface area contributed by atoms with E-state index in [-0.39, 0.29) is 0 Å². The van der Waals surface area contributed by atoms with E-state index in [0.29, 0.717) is 0 Å². The van der Waals surface area contributed by atoms with Gasteiger partial charge in [0, 0.05) is 23.4 Å². The molecule has 0 N–H and O–H groups in total. The highest BCUT2D eigenvalue weighted by molar-refractivity contribution is 6.33. The summed E-state index contributed by atoms with van der Waals surface area (Å²) in [5.41, 5.74) is 3.70. The number of aliphatic imine (C=N–C) groups is 3. The van der Waals surface area contributed by atoms with Gasteiger partial charge in [-0.25, -0.2) is 0 Å². The van der Waals surface area contributed by atoms with Crippen LogP contribution in [0.1, 0.15) is 6.42 Å². The molecule has 0 saturated carbocycles. The third-order valence-electron chi connectivity index (χ3n) is 6.93. The molecule has 6 aromatic carbocycles. The average molecular weight is 474 g/mol. The van der Waals surface area contributed by atoms with Gasteiger partial charge in [-0.05, 0) is 68.7 Å². The molecule has 7 rings (SSSR count). The molecule has 0 radical (unpaired) electrons. The van der Waals surface area contributed by atoms with Crippen molar-refractivity contribution < 1.29 is 0 Å². The van der Waals surface area contributed by atoms with Crippen LogP contribution < -0.4 is 0 Å². The second-order valence-corrected chi connectivity index (χ2v) is 9.35. The molecule has 0 saturated heterocycles. The van der Waals surface area contributed by atoms with Crippen molar-refractivity contribution in [2.75, 3.05) is 0 Å². The van der Waals surface area contributed by atoms with Gasteiger partial charge in [-0.1, -0.05) is 78.9 Å². The Hall–Kier alpha value is -4.89. The first kappa shape index (κ1) is 21.4. The van der Waals surface area contributed by atoms with E-state index < -0.39 is 0 Å². The molecule has 1 aliphatic heterocycles. The zero-order chi connectivity index (χ0) is 24.6. The van der Waals surface area contributed by atoms with Gasteiger partial charge in [0.2, 0.25) is 0 Å². The molecule has 1 aliphatic rings. The molecule has 0 amide bonds. The molecule has 0 aliphatic carbocycles. The van der Waals surface area contributed by atoms with E-state index in [2.05, 4.69) is 115 Å². The summed E-state index contributed by atoms with van der Waals surface area (Å²) in [6.45, 7) is 0. The molecule has 3 nitrogen and oxygen atoms in total. The highest BCUT2D eigenvalue weighted by Gasteiger charge is 2.07. The average Bonchev–Trinajstić information content (AvgIpc) is 3.40. The fourth-order valence-electron chi connectivity index (χ4n) is 5.03. The number of hydrogen-bond acceptors (Lipinski definition) is 3. The highest BCUT2D eigenvalue weighted by atomic mass is 14.8. The quantitative estimate of drug-likeness (QED) is 0.181. The second-order valence-electron chi connectivity index (χ2n) is 9.35. The molecule has 0 unspecified atom stereocenters. The minimum atomic E-state index is 0.749. The molecule has 6 aromatic rings. The van der Waals surface area contributed by atoms with Gasteiger partial charge >= 0.3 is 0 Å². The lowest BCUT2D eigenvalue weighted by atomic mass is 10.0. The lowest BCUT2D eigenvalue weighted by Gasteiger charge is -2.05. The Morgan fingerprint density at radius 3 is 1.57 bits per heavy atom. The SMILES string of the molecule is C(=Nc1cccc2cc3ccccc3cc12)C1=CCC(C=Nc2cccc3cc4ccccc4cc23)=N1. The number of rotatable bonds is 4. The molecule has 0 spiro atoms. The van der Waals surface area contributed by atoms with Crippen LogP contribution in [0.15, 0.2) is 136 Å². The second kappa shape index (κ2) is 8.96. The van der Waals surface area contributed by atoms with E-state index in [1.165, 1.54) is 32.3 Å². The molecular formula is C34H23N3. The summed E-state index contributed by atoms with van der Waals surface area (Å²) in [4.78, 5) is 14.4. The summed E-state index contributed by atoms with van der Waals surface area (Å²) < 4.78 is 0. The fourth-order valence-corrected chi connectivity index (χ4v) is 5.03. The van der Waals surface area contributed by atoms with Gasteiger partial charge in [0.05, 0.1) is 29.0 Å². The van der Waals surface area contributed by atoms with Crippen LogP contribution in [0.5, 0.6) is 0 Å². The van der Waals surface area contributed by atoms with Crippen molar-refractivity contribution in [1.82, 2.24) is 0 Å². The first-order chi connectivity index (χ1) is 18.3. The highest BCUT2D eigenvalue weighted by Crippen LogP contribution is 2.31. The predicted molar refractivity (Wildman–Crippen MR) is 159 cm³/mol. The molecule has 37 heavy (non-hydrogen) atoms. The Kier molecular flexibility index (Phi) is 5.18. The van der Waals surface area contributed by atoms with E-state index in [1.807, 2.05) is 12.4 Å². The monoisotopic (exact) mass is 473 g/mol. The van der Waals surface area contributed by atoms with Gasteiger partial charge in [0.15, 0.2) is 0 Å². The maximum Gasteiger partial charge on any atom is 0.0780 e. The van der Waals surface area contributed by atoms with Crippen molar-refractivity contribution in [1.29, 1.82) is 0 Å². The molecule has 0 bridgehead atoms. The van der Waals surface area contributed by atoms with Crippen LogP contribution in [0.4, 0.5) is 11.4 Å². The van der Waals surface area contributed by atoms with Crippen molar-refractivity contribution in [2.45, 2.75) is 6.42 Å². The van der Waals surface area contributed by atoms with Gasteiger partial charge in [-0.15, -0.1) is 0 Å². The van der Waals surface area contributed by atoms with E-state index in [9.17, 15) is 0 Å². The summed E-state index contributed by atoms with van der Waals surface area (Å²) in [5, 5.41) is 9.59. The number of benzene rings is 6. The van der Waals surface area contributed by atoms with Crippen molar-refractivity contribution in [3.05, 3.63) is 121 Å². The summed E-state index contributed by atoms with van der Waals surface area (Å²) in [6, 6.07) is 38.3. The number of fused-ring (bicyclic) bond motifs is 4. The molecule has 174 valence electrons. The zero-order valence-electron chi connectivity index (χ0n) is 20.2. The predicted octanol–water partition coefficient (Wildman–Crippen LogP) is 9.13. The van der Waals surface area contributed by atoms with Crippen LogP contribution in [0, 0.1) is 0 Å². The van der Waals surface area contributed by atoms with Crippen LogP contribution in [0.25, 0.3) is 43.1 Å². The number of allylic oxidation sites excluding steroid dienone is 2. The lowest BCUT2D eigenvalue weighted by Crippen LogP contribution is -1.93. The van der Waals surface area contributed by atoms with Crippen molar-refractivity contribution in [3.8, 4) is 0 Å². The van der Waals surface area contributed by atoms with Crippen LogP contribution in [-0.2, 0) is 0 Å². The first-order valence-corrected chi connectivity index (χ1v) is 12.5. The third kappa shape index (κ3) is 4.11. The standard InChI is InChI=1S/C34H23N3/c1-3-9-25-19-31-27(17-23(25)7-1)11-5-13-33(31)35-21-29-15-16-30(37-29)22-36-34-14-6-12-28-18-24-8-2-4-10-26(24)20-32(28)34/h1-15,17-22H,16H2. The summed E-state index contributed by atoms with van der Waals surface area (Å²) in [7, 11) is 0. The summed E-state index contributed by atoms with van der Waals surface area (Å²) >= 11 is 0. The Bertz CT molecular complexity index is 1960. The van der Waals surface area contributed by atoms with E-state index in [0.717, 1.165) is 40.0 Å². The Morgan fingerprint density at radius 2 is 1.00 bits per heavy atom. The molecule has 0 atom stereocenters. The first-order valence-electron chi connectivity index (χ1n) is 12.5. The van der Waals surface area contributed by atoms with Gasteiger partial charge in [-0.3, -0.25) is 15.0 Å². The van der Waals surface area contributed by atoms with E-state index >= 15 is 0 Å². The molecule has 3 heteroatoms. The largest absolute Gasteiger partial charge is 0.254 e. The maximum atomic E-state index is 4.81. The molecule has 0 fully saturated rings. The summed E-state index contributed by atoms with van der Waals surface area (Å²) in [6.07, 6.45) is 6.58. The van der Waals surface area contributed by atoms with Gasteiger partial charge < -0.3 is 0 Å². The smallest absolute Gasteiger partial charge is 0.0780 e. The Balaban J connectivity index is 1.16. The Morgan fingerprint density at radius 1 is 0.514 bits per heavy atom.